The maximum atomic E-state index is 13.4. The highest BCUT2D eigenvalue weighted by molar-refractivity contribution is 8.14. The summed E-state index contributed by atoms with van der Waals surface area (Å²) in [6.45, 7) is 4.48. The summed E-state index contributed by atoms with van der Waals surface area (Å²) < 4.78 is 5.21. The lowest BCUT2D eigenvalue weighted by Gasteiger charge is -2.19. The van der Waals surface area contributed by atoms with Crippen LogP contribution in [-0.4, -0.2) is 29.8 Å². The van der Waals surface area contributed by atoms with Crippen LogP contribution in [0.15, 0.2) is 70.7 Å². The molecule has 8 heteroatoms. The molecule has 4 rings (SSSR count). The van der Waals surface area contributed by atoms with Gasteiger partial charge in [-0.15, -0.1) is 11.3 Å². The molecule has 34 heavy (non-hydrogen) atoms. The maximum absolute atomic E-state index is 13.4. The van der Waals surface area contributed by atoms with E-state index in [4.69, 9.17) is 4.74 Å². The quantitative estimate of drug-likeness (QED) is 0.463. The van der Waals surface area contributed by atoms with Gasteiger partial charge in [-0.25, -0.2) is 4.99 Å². The van der Waals surface area contributed by atoms with Crippen LogP contribution in [0.25, 0.3) is 6.08 Å². The summed E-state index contributed by atoms with van der Waals surface area (Å²) in [5.41, 5.74) is 4.01. The molecule has 0 fully saturated rings. The van der Waals surface area contributed by atoms with Crippen molar-refractivity contribution in [1.29, 1.82) is 0 Å². The fourth-order valence-electron chi connectivity index (χ4n) is 3.54. The molecular formula is C26H25N3O3S2. The molecule has 6 nitrogen and oxygen atoms in total. The second-order valence-corrected chi connectivity index (χ2v) is 9.80. The van der Waals surface area contributed by atoms with E-state index in [0.717, 1.165) is 33.0 Å². The Bertz CT molecular complexity index is 1230. The lowest BCUT2D eigenvalue weighted by molar-refractivity contribution is -0.118. The van der Waals surface area contributed by atoms with Crippen molar-refractivity contribution in [3.8, 4) is 5.75 Å². The van der Waals surface area contributed by atoms with Crippen LogP contribution in [0.3, 0.4) is 0 Å². The van der Waals surface area contributed by atoms with Crippen molar-refractivity contribution in [2.75, 3.05) is 17.8 Å². The monoisotopic (exact) mass is 491 g/mol. The van der Waals surface area contributed by atoms with Crippen molar-refractivity contribution >= 4 is 51.8 Å². The first-order valence-electron chi connectivity index (χ1n) is 10.7. The SMILES string of the molecule is COc1ccc(/C=C2\N=C(SCC(=O)NCc3cccs3)N(c3cc(C)cc(C)c3)C2=O)cc1. The second-order valence-electron chi connectivity index (χ2n) is 7.83. The zero-order valence-electron chi connectivity index (χ0n) is 19.2. The highest BCUT2D eigenvalue weighted by Gasteiger charge is 2.32. The Morgan fingerprint density at radius 1 is 1.15 bits per heavy atom. The van der Waals surface area contributed by atoms with E-state index in [1.54, 1.807) is 29.4 Å². The topological polar surface area (TPSA) is 71.0 Å². The maximum Gasteiger partial charge on any atom is 0.283 e. The molecule has 0 unspecified atom stereocenters. The molecule has 2 heterocycles. The second kappa shape index (κ2) is 10.7. The molecule has 2 amide bonds. The van der Waals surface area contributed by atoms with Crippen LogP contribution in [0.4, 0.5) is 5.69 Å². The molecule has 0 saturated heterocycles. The van der Waals surface area contributed by atoms with Crippen molar-refractivity contribution in [2.24, 2.45) is 4.99 Å². The summed E-state index contributed by atoms with van der Waals surface area (Å²) in [7, 11) is 1.61. The fraction of sp³-hybridized carbons (Fsp3) is 0.192. The summed E-state index contributed by atoms with van der Waals surface area (Å²) in [6, 6.07) is 17.3. The van der Waals surface area contributed by atoms with Gasteiger partial charge in [-0.05, 0) is 72.3 Å². The molecule has 0 saturated carbocycles. The van der Waals surface area contributed by atoms with Crippen LogP contribution >= 0.6 is 23.1 Å². The van der Waals surface area contributed by atoms with Gasteiger partial charge >= 0.3 is 0 Å². The van der Waals surface area contributed by atoms with Crippen molar-refractivity contribution in [2.45, 2.75) is 20.4 Å². The minimum Gasteiger partial charge on any atom is -0.497 e. The molecule has 2 aromatic carbocycles. The molecule has 0 aliphatic carbocycles. The summed E-state index contributed by atoms with van der Waals surface area (Å²) in [4.78, 5) is 33.1. The number of methoxy groups -OCH3 is 1. The number of ether oxygens (including phenoxy) is 1. The minimum atomic E-state index is -0.220. The molecule has 1 aliphatic heterocycles. The third-order valence-corrected chi connectivity index (χ3v) is 6.90. The summed E-state index contributed by atoms with van der Waals surface area (Å²) in [5, 5.41) is 5.39. The van der Waals surface area contributed by atoms with E-state index in [-0.39, 0.29) is 17.6 Å². The van der Waals surface area contributed by atoms with E-state index in [0.29, 0.717) is 17.4 Å². The summed E-state index contributed by atoms with van der Waals surface area (Å²) >= 11 is 2.85. The van der Waals surface area contributed by atoms with Crippen molar-refractivity contribution in [3.63, 3.8) is 0 Å². The third kappa shape index (κ3) is 5.76. The van der Waals surface area contributed by atoms with Gasteiger partial charge in [0.05, 0.1) is 25.1 Å². The van der Waals surface area contributed by atoms with Gasteiger partial charge in [-0.1, -0.05) is 36.0 Å². The van der Waals surface area contributed by atoms with Gasteiger partial charge in [-0.3, -0.25) is 14.5 Å². The van der Waals surface area contributed by atoms with Crippen LogP contribution in [0.5, 0.6) is 5.75 Å². The molecule has 3 aromatic rings. The Labute approximate surface area is 207 Å². The average molecular weight is 492 g/mol. The van der Waals surface area contributed by atoms with Crippen molar-refractivity contribution in [1.82, 2.24) is 5.32 Å². The zero-order valence-corrected chi connectivity index (χ0v) is 20.8. The Morgan fingerprint density at radius 2 is 1.88 bits per heavy atom. The number of hydrogen-bond donors (Lipinski definition) is 1. The number of thioether (sulfide) groups is 1. The van der Waals surface area contributed by atoms with Crippen LogP contribution in [0.1, 0.15) is 21.6 Å². The number of aliphatic imine (C=N–C) groups is 1. The van der Waals surface area contributed by atoms with Crippen molar-refractivity contribution in [3.05, 3.63) is 87.2 Å². The van der Waals surface area contributed by atoms with Gasteiger partial charge in [0.1, 0.15) is 11.4 Å². The third-order valence-electron chi connectivity index (χ3n) is 5.09. The predicted molar refractivity (Wildman–Crippen MR) is 140 cm³/mol. The average Bonchev–Trinajstić information content (AvgIpc) is 3.44. The number of aryl methyl sites for hydroxylation is 2. The zero-order chi connectivity index (χ0) is 24.1. The molecule has 0 bridgehead atoms. The van der Waals surface area contributed by atoms with E-state index in [9.17, 15) is 9.59 Å². The normalized spacial score (nSPS) is 14.4. The van der Waals surface area contributed by atoms with Gasteiger partial charge in [0.25, 0.3) is 5.91 Å². The summed E-state index contributed by atoms with van der Waals surface area (Å²) in [5.74, 6) is 0.572. The first-order valence-corrected chi connectivity index (χ1v) is 12.6. The van der Waals surface area contributed by atoms with Crippen LogP contribution in [0.2, 0.25) is 0 Å². The fourth-order valence-corrected chi connectivity index (χ4v) is 5.03. The Balaban J connectivity index is 1.56. The number of thiophene rings is 1. The number of nitrogens with one attached hydrogen (secondary N) is 1. The highest BCUT2D eigenvalue weighted by Crippen LogP contribution is 2.31. The highest BCUT2D eigenvalue weighted by atomic mass is 32.2. The lowest BCUT2D eigenvalue weighted by Crippen LogP contribution is -2.32. The standard InChI is InChI=1S/C26H25N3O3S2/c1-17-11-18(2)13-20(12-17)29-25(31)23(14-19-6-8-21(32-3)9-7-19)28-26(29)34-16-24(30)27-15-22-5-4-10-33-22/h4-14H,15-16H2,1-3H3,(H,27,30)/b23-14-. The van der Waals surface area contributed by atoms with E-state index in [1.165, 1.54) is 11.8 Å². The summed E-state index contributed by atoms with van der Waals surface area (Å²) in [6.07, 6.45) is 1.75. The number of nitrogens with zero attached hydrogens (tertiary/aromatic N) is 2. The number of amidine groups is 1. The molecule has 1 aromatic heterocycles. The number of anilines is 1. The Hall–Kier alpha value is -3.36. The van der Waals surface area contributed by atoms with Crippen molar-refractivity contribution < 1.29 is 14.3 Å². The lowest BCUT2D eigenvalue weighted by atomic mass is 10.1. The molecule has 0 atom stereocenters. The first kappa shape index (κ1) is 23.8. The largest absolute Gasteiger partial charge is 0.497 e. The van der Waals surface area contributed by atoms with Gasteiger partial charge in [-0.2, -0.15) is 0 Å². The number of carbonyl (C=O) groups excluding carboxylic acids is 2. The molecule has 1 N–H and O–H groups in total. The Kier molecular flexibility index (Phi) is 7.49. The van der Waals surface area contributed by atoms with Crippen LogP contribution in [-0.2, 0) is 16.1 Å². The number of carbonyl (C=O) groups is 2. The number of amides is 2. The molecule has 174 valence electrons. The van der Waals surface area contributed by atoms with Crippen LogP contribution in [0, 0.1) is 13.8 Å². The minimum absolute atomic E-state index is 0.110. The van der Waals surface area contributed by atoms with E-state index < -0.39 is 0 Å². The van der Waals surface area contributed by atoms with E-state index in [2.05, 4.69) is 16.4 Å². The van der Waals surface area contributed by atoms with E-state index >= 15 is 0 Å². The Morgan fingerprint density at radius 3 is 2.53 bits per heavy atom. The number of benzene rings is 2. The number of hydrogen-bond acceptors (Lipinski definition) is 6. The molecule has 0 spiro atoms. The number of rotatable bonds is 7. The van der Waals surface area contributed by atoms with Gasteiger partial charge < -0.3 is 10.1 Å². The van der Waals surface area contributed by atoms with Crippen LogP contribution < -0.4 is 15.0 Å². The first-order chi connectivity index (χ1) is 16.4. The van der Waals surface area contributed by atoms with Gasteiger partial charge in [0, 0.05) is 4.88 Å². The predicted octanol–water partition coefficient (Wildman–Crippen LogP) is 5.17. The molecular weight excluding hydrogens is 466 g/mol. The van der Waals surface area contributed by atoms with Gasteiger partial charge in [0.2, 0.25) is 5.91 Å². The molecule has 0 radical (unpaired) electrons. The van der Waals surface area contributed by atoms with E-state index in [1.807, 2.05) is 67.8 Å². The molecule has 1 aliphatic rings. The van der Waals surface area contributed by atoms with Gasteiger partial charge in [0.15, 0.2) is 5.17 Å². The smallest absolute Gasteiger partial charge is 0.283 e.